The number of ketones is 1. The molecular formula is C35H33NO6. The second kappa shape index (κ2) is 13.6. The standard InChI is InChI=1S/C35H33NO6/c37-27(23-26-10-4-5-11-31(26)35(39)40)22-24-14-16-28(17-15-24)41-29-18-20-30(21-19-29)42-33-13-7-6-12-32(33)36-34(38)25-8-2-1-3-9-25/h1-5,8-11,14-21,32-33H,6-7,12-13,22-23H2,(H,36,38)(H,39,40)/t32-,33-/m0/s1. The Labute approximate surface area is 245 Å². The molecule has 4 aromatic carbocycles. The van der Waals surface area contributed by atoms with Crippen molar-refractivity contribution in [2.45, 2.75) is 50.7 Å². The van der Waals surface area contributed by atoms with Gasteiger partial charge in [0.05, 0.1) is 11.6 Å². The van der Waals surface area contributed by atoms with Gasteiger partial charge in [0, 0.05) is 18.4 Å². The summed E-state index contributed by atoms with van der Waals surface area (Å²) < 4.78 is 12.3. The number of carbonyl (C=O) groups is 3. The predicted molar refractivity (Wildman–Crippen MR) is 159 cm³/mol. The van der Waals surface area contributed by atoms with E-state index in [1.165, 1.54) is 6.07 Å². The number of hydrogen-bond acceptors (Lipinski definition) is 5. The average molecular weight is 564 g/mol. The second-order valence-electron chi connectivity index (χ2n) is 10.5. The first-order chi connectivity index (χ1) is 20.4. The predicted octanol–water partition coefficient (Wildman–Crippen LogP) is 6.65. The SMILES string of the molecule is O=C(Cc1ccc(Oc2ccc(O[C@H]3CCCC[C@@H]3NC(=O)c3ccccc3)cc2)cc1)Cc1ccccc1C(=O)O. The summed E-state index contributed by atoms with van der Waals surface area (Å²) >= 11 is 0. The van der Waals surface area contributed by atoms with Gasteiger partial charge in [0.25, 0.3) is 5.91 Å². The number of carbonyl (C=O) groups excluding carboxylic acids is 2. The molecule has 5 rings (SSSR count). The highest BCUT2D eigenvalue weighted by Gasteiger charge is 2.28. The molecule has 214 valence electrons. The first-order valence-corrected chi connectivity index (χ1v) is 14.2. The van der Waals surface area contributed by atoms with Crippen LogP contribution < -0.4 is 14.8 Å². The number of carboxylic acids is 1. The Morgan fingerprint density at radius 2 is 1.33 bits per heavy atom. The highest BCUT2D eigenvalue weighted by atomic mass is 16.5. The molecule has 0 heterocycles. The molecule has 0 aliphatic heterocycles. The zero-order valence-electron chi connectivity index (χ0n) is 23.2. The number of hydrogen-bond donors (Lipinski definition) is 2. The van der Waals surface area contributed by atoms with Gasteiger partial charge >= 0.3 is 5.97 Å². The fraction of sp³-hybridized carbons (Fsp3) is 0.229. The van der Waals surface area contributed by atoms with Gasteiger partial charge in [-0.05, 0) is 85.0 Å². The molecule has 42 heavy (non-hydrogen) atoms. The zero-order valence-corrected chi connectivity index (χ0v) is 23.2. The lowest BCUT2D eigenvalue weighted by molar-refractivity contribution is -0.117. The van der Waals surface area contributed by atoms with Gasteiger partial charge in [0.1, 0.15) is 29.1 Å². The van der Waals surface area contributed by atoms with Crippen LogP contribution in [-0.4, -0.2) is 34.9 Å². The minimum absolute atomic E-state index is 0.0558. The molecule has 1 fully saturated rings. The van der Waals surface area contributed by atoms with Gasteiger partial charge < -0.3 is 19.9 Å². The molecule has 1 aliphatic carbocycles. The highest BCUT2D eigenvalue weighted by molar-refractivity contribution is 5.94. The number of ether oxygens (including phenoxy) is 2. The lowest BCUT2D eigenvalue weighted by Crippen LogP contribution is -2.47. The topological polar surface area (TPSA) is 102 Å². The van der Waals surface area contributed by atoms with E-state index in [0.29, 0.717) is 28.4 Å². The van der Waals surface area contributed by atoms with Crippen LogP contribution in [0.25, 0.3) is 0 Å². The van der Waals surface area contributed by atoms with Gasteiger partial charge in [0.15, 0.2) is 0 Å². The molecule has 0 radical (unpaired) electrons. The van der Waals surface area contributed by atoms with Gasteiger partial charge in [-0.15, -0.1) is 0 Å². The lowest BCUT2D eigenvalue weighted by Gasteiger charge is -2.32. The third kappa shape index (κ3) is 7.63. The molecule has 0 unspecified atom stereocenters. The molecule has 0 saturated heterocycles. The summed E-state index contributed by atoms with van der Waals surface area (Å²) in [7, 11) is 0. The monoisotopic (exact) mass is 563 g/mol. The number of benzene rings is 4. The second-order valence-corrected chi connectivity index (χ2v) is 10.5. The molecule has 0 aromatic heterocycles. The van der Waals surface area contributed by atoms with E-state index in [2.05, 4.69) is 5.32 Å². The third-order valence-electron chi connectivity index (χ3n) is 7.36. The van der Waals surface area contributed by atoms with E-state index in [1.807, 2.05) is 66.7 Å². The molecule has 7 heteroatoms. The molecule has 1 amide bonds. The molecule has 1 aliphatic rings. The number of carboxylic acid groups (broad SMARTS) is 1. The fourth-order valence-electron chi connectivity index (χ4n) is 5.20. The first kappa shape index (κ1) is 28.6. The summed E-state index contributed by atoms with van der Waals surface area (Å²) in [5.41, 5.74) is 2.13. The Kier molecular flexibility index (Phi) is 9.29. The van der Waals surface area contributed by atoms with Crippen molar-refractivity contribution in [2.24, 2.45) is 0 Å². The van der Waals surface area contributed by atoms with Crippen LogP contribution in [0, 0.1) is 0 Å². The molecule has 0 bridgehead atoms. The van der Waals surface area contributed by atoms with E-state index in [4.69, 9.17) is 9.47 Å². The number of Topliss-reactive ketones (excluding diaryl/α,β-unsaturated/α-hetero) is 1. The van der Waals surface area contributed by atoms with E-state index in [-0.39, 0.29) is 42.2 Å². The fourth-order valence-corrected chi connectivity index (χ4v) is 5.20. The van der Waals surface area contributed by atoms with Crippen LogP contribution in [0.4, 0.5) is 0 Å². The number of aromatic carboxylic acids is 1. The van der Waals surface area contributed by atoms with Crippen molar-refractivity contribution in [3.63, 3.8) is 0 Å². The van der Waals surface area contributed by atoms with E-state index >= 15 is 0 Å². The maximum Gasteiger partial charge on any atom is 0.335 e. The Morgan fingerprint density at radius 1 is 0.714 bits per heavy atom. The minimum Gasteiger partial charge on any atom is -0.488 e. The summed E-state index contributed by atoms with van der Waals surface area (Å²) in [6, 6.07) is 30.4. The van der Waals surface area contributed by atoms with E-state index in [9.17, 15) is 19.5 Å². The summed E-state index contributed by atoms with van der Waals surface area (Å²) in [5, 5.41) is 12.5. The van der Waals surface area contributed by atoms with Crippen molar-refractivity contribution >= 4 is 17.7 Å². The normalized spacial score (nSPS) is 16.3. The van der Waals surface area contributed by atoms with Gasteiger partial charge in [-0.3, -0.25) is 9.59 Å². The third-order valence-corrected chi connectivity index (χ3v) is 7.36. The van der Waals surface area contributed by atoms with Gasteiger partial charge in [-0.25, -0.2) is 4.79 Å². The van der Waals surface area contributed by atoms with Crippen molar-refractivity contribution in [2.75, 3.05) is 0 Å². The largest absolute Gasteiger partial charge is 0.488 e. The van der Waals surface area contributed by atoms with Crippen LogP contribution >= 0.6 is 0 Å². The molecule has 1 saturated carbocycles. The van der Waals surface area contributed by atoms with Crippen molar-refractivity contribution in [3.05, 3.63) is 125 Å². The van der Waals surface area contributed by atoms with Crippen molar-refractivity contribution < 1.29 is 29.0 Å². The minimum atomic E-state index is -1.04. The van der Waals surface area contributed by atoms with Crippen LogP contribution in [-0.2, 0) is 17.6 Å². The summed E-state index contributed by atoms with van der Waals surface area (Å²) in [4.78, 5) is 36.7. The Bertz CT molecular complexity index is 1520. The number of nitrogens with one attached hydrogen (secondary N) is 1. The van der Waals surface area contributed by atoms with Crippen molar-refractivity contribution in [3.8, 4) is 17.2 Å². The van der Waals surface area contributed by atoms with Crippen LogP contribution in [0.5, 0.6) is 17.2 Å². The van der Waals surface area contributed by atoms with E-state index in [1.54, 1.807) is 30.3 Å². The molecule has 4 aromatic rings. The molecule has 2 N–H and O–H groups in total. The lowest BCUT2D eigenvalue weighted by atomic mass is 9.92. The smallest absolute Gasteiger partial charge is 0.335 e. The van der Waals surface area contributed by atoms with Crippen LogP contribution in [0.1, 0.15) is 57.5 Å². The molecular weight excluding hydrogens is 530 g/mol. The van der Waals surface area contributed by atoms with Gasteiger partial charge in [0.2, 0.25) is 0 Å². The first-order valence-electron chi connectivity index (χ1n) is 14.2. The zero-order chi connectivity index (χ0) is 29.3. The molecule has 0 spiro atoms. The highest BCUT2D eigenvalue weighted by Crippen LogP contribution is 2.28. The average Bonchev–Trinajstić information content (AvgIpc) is 3.00. The Balaban J connectivity index is 1.13. The summed E-state index contributed by atoms with van der Waals surface area (Å²) in [6.45, 7) is 0. The van der Waals surface area contributed by atoms with Gasteiger partial charge in [-0.2, -0.15) is 0 Å². The Hall–Kier alpha value is -4.91. The maximum absolute atomic E-state index is 12.7. The summed E-state index contributed by atoms with van der Waals surface area (Å²) in [5.74, 6) is 0.809. The quantitative estimate of drug-likeness (QED) is 0.212. The molecule has 7 nitrogen and oxygen atoms in total. The van der Waals surface area contributed by atoms with Crippen LogP contribution in [0.2, 0.25) is 0 Å². The van der Waals surface area contributed by atoms with E-state index < -0.39 is 5.97 Å². The van der Waals surface area contributed by atoms with E-state index in [0.717, 1.165) is 31.2 Å². The number of rotatable bonds is 11. The van der Waals surface area contributed by atoms with Crippen LogP contribution in [0.15, 0.2) is 103 Å². The van der Waals surface area contributed by atoms with Crippen LogP contribution in [0.3, 0.4) is 0 Å². The number of amides is 1. The van der Waals surface area contributed by atoms with Crippen molar-refractivity contribution in [1.29, 1.82) is 0 Å². The summed E-state index contributed by atoms with van der Waals surface area (Å²) in [6.07, 6.45) is 4.02. The maximum atomic E-state index is 12.7. The van der Waals surface area contributed by atoms with Gasteiger partial charge in [-0.1, -0.05) is 55.0 Å². The molecule has 2 atom stereocenters. The Morgan fingerprint density at radius 3 is 2.05 bits per heavy atom. The van der Waals surface area contributed by atoms with Crippen molar-refractivity contribution in [1.82, 2.24) is 5.32 Å².